The Bertz CT molecular complexity index is 987. The second-order valence-corrected chi connectivity index (χ2v) is 7.26. The number of hydrogen-bond donors (Lipinski definition) is 0. The quantitative estimate of drug-likeness (QED) is 0.680. The lowest BCUT2D eigenvalue weighted by Gasteiger charge is -2.34. The van der Waals surface area contributed by atoms with Crippen molar-refractivity contribution in [1.29, 1.82) is 0 Å². The van der Waals surface area contributed by atoms with Crippen LogP contribution in [0.4, 0.5) is 0 Å². The van der Waals surface area contributed by atoms with Gasteiger partial charge in [0.2, 0.25) is 0 Å². The molecule has 3 aromatic rings. The monoisotopic (exact) mass is 393 g/mol. The molecule has 0 N–H and O–H groups in total. The van der Waals surface area contributed by atoms with E-state index in [4.69, 9.17) is 4.42 Å². The lowest BCUT2D eigenvalue weighted by atomic mass is 10.0. The SMILES string of the molecule is CC(C)c1c(C(=O)N2CCN(C(=O)c3ccco3)CC2)cnn1-c1ccccn1. The van der Waals surface area contributed by atoms with Gasteiger partial charge >= 0.3 is 0 Å². The summed E-state index contributed by atoms with van der Waals surface area (Å²) in [6.07, 6.45) is 4.81. The normalized spacial score (nSPS) is 14.4. The second kappa shape index (κ2) is 7.90. The predicted molar refractivity (Wildman–Crippen MR) is 106 cm³/mol. The van der Waals surface area contributed by atoms with Gasteiger partial charge in [0.15, 0.2) is 11.6 Å². The minimum atomic E-state index is -0.145. The van der Waals surface area contributed by atoms with E-state index >= 15 is 0 Å². The van der Waals surface area contributed by atoms with Crippen LogP contribution in [-0.4, -0.2) is 62.6 Å². The largest absolute Gasteiger partial charge is 0.459 e. The maximum Gasteiger partial charge on any atom is 0.289 e. The molecule has 0 saturated carbocycles. The molecular weight excluding hydrogens is 370 g/mol. The van der Waals surface area contributed by atoms with Crippen LogP contribution < -0.4 is 0 Å². The fourth-order valence-electron chi connectivity index (χ4n) is 3.58. The zero-order chi connectivity index (χ0) is 20.4. The van der Waals surface area contributed by atoms with Crippen LogP contribution in [0, 0.1) is 0 Å². The van der Waals surface area contributed by atoms with Gasteiger partial charge in [-0.2, -0.15) is 5.10 Å². The van der Waals surface area contributed by atoms with Crippen LogP contribution >= 0.6 is 0 Å². The third kappa shape index (κ3) is 3.65. The highest BCUT2D eigenvalue weighted by molar-refractivity contribution is 5.96. The Labute approximate surface area is 168 Å². The molecule has 4 heterocycles. The molecule has 1 saturated heterocycles. The summed E-state index contributed by atoms with van der Waals surface area (Å²) in [6, 6.07) is 8.95. The average Bonchev–Trinajstić information content (AvgIpc) is 3.43. The number of furan rings is 1. The molecule has 2 amide bonds. The van der Waals surface area contributed by atoms with Crippen LogP contribution in [0.1, 0.15) is 46.4 Å². The van der Waals surface area contributed by atoms with E-state index in [2.05, 4.69) is 10.1 Å². The molecule has 3 aromatic heterocycles. The fraction of sp³-hybridized carbons (Fsp3) is 0.333. The number of amides is 2. The number of piperazine rings is 1. The van der Waals surface area contributed by atoms with Crippen molar-refractivity contribution in [3.8, 4) is 5.82 Å². The number of hydrogen-bond acceptors (Lipinski definition) is 5. The Morgan fingerprint density at radius 1 is 1.00 bits per heavy atom. The molecule has 0 atom stereocenters. The van der Waals surface area contributed by atoms with E-state index in [9.17, 15) is 9.59 Å². The van der Waals surface area contributed by atoms with Crippen molar-refractivity contribution in [1.82, 2.24) is 24.6 Å². The first-order valence-corrected chi connectivity index (χ1v) is 9.67. The fourth-order valence-corrected chi connectivity index (χ4v) is 3.58. The van der Waals surface area contributed by atoms with Crippen molar-refractivity contribution >= 4 is 11.8 Å². The van der Waals surface area contributed by atoms with Crippen molar-refractivity contribution in [3.63, 3.8) is 0 Å². The smallest absolute Gasteiger partial charge is 0.289 e. The number of carbonyl (C=O) groups is 2. The van der Waals surface area contributed by atoms with Gasteiger partial charge in [0.05, 0.1) is 23.7 Å². The number of rotatable bonds is 4. The topological polar surface area (TPSA) is 84.5 Å². The minimum absolute atomic E-state index is 0.0685. The summed E-state index contributed by atoms with van der Waals surface area (Å²) >= 11 is 0. The summed E-state index contributed by atoms with van der Waals surface area (Å²) in [7, 11) is 0. The molecule has 150 valence electrons. The van der Waals surface area contributed by atoms with Gasteiger partial charge in [-0.25, -0.2) is 9.67 Å². The highest BCUT2D eigenvalue weighted by Gasteiger charge is 2.29. The third-order valence-corrected chi connectivity index (χ3v) is 5.04. The summed E-state index contributed by atoms with van der Waals surface area (Å²) in [4.78, 5) is 33.5. The van der Waals surface area contributed by atoms with Crippen LogP contribution in [0.25, 0.3) is 5.82 Å². The first-order valence-electron chi connectivity index (χ1n) is 9.67. The molecule has 1 aliphatic rings. The molecule has 1 fully saturated rings. The predicted octanol–water partition coefficient (Wildman–Crippen LogP) is 2.58. The van der Waals surface area contributed by atoms with Gasteiger partial charge in [-0.3, -0.25) is 9.59 Å². The molecular formula is C21H23N5O3. The molecule has 8 nitrogen and oxygen atoms in total. The molecule has 0 radical (unpaired) electrons. The summed E-state index contributed by atoms with van der Waals surface area (Å²) < 4.78 is 6.92. The van der Waals surface area contributed by atoms with Crippen molar-refractivity contribution in [2.75, 3.05) is 26.2 Å². The molecule has 29 heavy (non-hydrogen) atoms. The number of aromatic nitrogens is 3. The lowest BCUT2D eigenvalue weighted by molar-refractivity contribution is 0.0517. The first kappa shape index (κ1) is 18.9. The third-order valence-electron chi connectivity index (χ3n) is 5.04. The lowest BCUT2D eigenvalue weighted by Crippen LogP contribution is -2.50. The second-order valence-electron chi connectivity index (χ2n) is 7.26. The van der Waals surface area contributed by atoms with Crippen LogP contribution in [0.5, 0.6) is 0 Å². The molecule has 0 unspecified atom stereocenters. The molecule has 0 spiro atoms. The van der Waals surface area contributed by atoms with Crippen LogP contribution in [0.15, 0.2) is 53.4 Å². The van der Waals surface area contributed by atoms with Crippen molar-refractivity contribution in [3.05, 3.63) is 66.0 Å². The zero-order valence-corrected chi connectivity index (χ0v) is 16.5. The van der Waals surface area contributed by atoms with E-state index in [1.54, 1.807) is 39.0 Å². The Morgan fingerprint density at radius 2 is 1.72 bits per heavy atom. The maximum atomic E-state index is 13.2. The van der Waals surface area contributed by atoms with E-state index < -0.39 is 0 Å². The number of carbonyl (C=O) groups excluding carboxylic acids is 2. The summed E-state index contributed by atoms with van der Waals surface area (Å²) in [5.74, 6) is 0.891. The summed E-state index contributed by atoms with van der Waals surface area (Å²) in [5.41, 5.74) is 1.42. The molecule has 8 heteroatoms. The Kier molecular flexibility index (Phi) is 5.16. The van der Waals surface area contributed by atoms with Gasteiger partial charge in [-0.05, 0) is 30.2 Å². The standard InChI is InChI=1S/C21H23N5O3/c1-15(2)19-16(14-23-26(19)18-7-3-4-8-22-18)20(27)24-9-11-25(12-10-24)21(28)17-6-5-13-29-17/h3-8,13-15H,9-12H2,1-2H3. The maximum absolute atomic E-state index is 13.2. The van der Waals surface area contributed by atoms with Crippen LogP contribution in [0.3, 0.4) is 0 Å². The van der Waals surface area contributed by atoms with E-state index in [-0.39, 0.29) is 17.7 Å². The summed E-state index contributed by atoms with van der Waals surface area (Å²) in [6.45, 7) is 5.95. The highest BCUT2D eigenvalue weighted by atomic mass is 16.3. The van der Waals surface area contributed by atoms with Crippen LogP contribution in [0.2, 0.25) is 0 Å². The summed E-state index contributed by atoms with van der Waals surface area (Å²) in [5, 5.41) is 4.43. The van der Waals surface area contributed by atoms with Gasteiger partial charge in [0, 0.05) is 32.4 Å². The zero-order valence-electron chi connectivity index (χ0n) is 16.5. The van der Waals surface area contributed by atoms with E-state index in [1.165, 1.54) is 6.26 Å². The first-order chi connectivity index (χ1) is 14.1. The molecule has 0 aromatic carbocycles. The Balaban J connectivity index is 1.51. The van der Waals surface area contributed by atoms with E-state index in [0.717, 1.165) is 5.69 Å². The van der Waals surface area contributed by atoms with Gasteiger partial charge in [0.1, 0.15) is 0 Å². The number of pyridine rings is 1. The van der Waals surface area contributed by atoms with Gasteiger partial charge in [0.25, 0.3) is 11.8 Å². The van der Waals surface area contributed by atoms with Crippen LogP contribution in [-0.2, 0) is 0 Å². The Hall–Kier alpha value is -3.42. The molecule has 4 rings (SSSR count). The Morgan fingerprint density at radius 3 is 2.31 bits per heavy atom. The minimum Gasteiger partial charge on any atom is -0.459 e. The number of nitrogens with zero attached hydrogens (tertiary/aromatic N) is 5. The highest BCUT2D eigenvalue weighted by Crippen LogP contribution is 2.24. The van der Waals surface area contributed by atoms with Gasteiger partial charge in [-0.15, -0.1) is 0 Å². The van der Waals surface area contributed by atoms with Gasteiger partial charge in [-0.1, -0.05) is 19.9 Å². The molecule has 1 aliphatic heterocycles. The van der Waals surface area contributed by atoms with E-state index in [0.29, 0.717) is 43.3 Å². The van der Waals surface area contributed by atoms with Crippen molar-refractivity contribution < 1.29 is 14.0 Å². The van der Waals surface area contributed by atoms with Crippen molar-refractivity contribution in [2.45, 2.75) is 19.8 Å². The average molecular weight is 393 g/mol. The van der Waals surface area contributed by atoms with E-state index in [1.807, 2.05) is 32.0 Å². The van der Waals surface area contributed by atoms with Crippen molar-refractivity contribution in [2.24, 2.45) is 0 Å². The van der Waals surface area contributed by atoms with Gasteiger partial charge < -0.3 is 14.2 Å². The molecule has 0 aliphatic carbocycles. The molecule has 0 bridgehead atoms.